The van der Waals surface area contributed by atoms with Crippen LogP contribution in [0.3, 0.4) is 0 Å². The van der Waals surface area contributed by atoms with Crippen LogP contribution in [-0.2, 0) is 11.2 Å². The molecule has 1 aliphatic rings. The largest absolute Gasteiger partial charge is 0.300 e. The second-order valence-electron chi connectivity index (χ2n) is 7.53. The zero-order valence-electron chi connectivity index (χ0n) is 18.3. The summed E-state index contributed by atoms with van der Waals surface area (Å²) in [6.45, 7) is 6.10. The maximum Gasteiger partial charge on any atom is 0.264 e. The van der Waals surface area contributed by atoms with Crippen molar-refractivity contribution in [1.82, 2.24) is 5.32 Å². The number of rotatable bonds is 5. The second-order valence-corrected chi connectivity index (χ2v) is 8.56. The lowest BCUT2D eigenvalue weighted by Crippen LogP contribution is -2.19. The normalized spacial score (nSPS) is 16.3. The number of amidine groups is 1. The lowest BCUT2D eigenvalue weighted by Gasteiger charge is -2.03. The fourth-order valence-electron chi connectivity index (χ4n) is 3.21. The third-order valence-electron chi connectivity index (χ3n) is 5.13. The van der Waals surface area contributed by atoms with Crippen molar-refractivity contribution in [2.75, 3.05) is 0 Å². The van der Waals surface area contributed by atoms with Gasteiger partial charge in [0.2, 0.25) is 0 Å². The Morgan fingerprint density at radius 1 is 0.906 bits per heavy atom. The maximum atomic E-state index is 12.4. The molecule has 160 valence electrons. The average Bonchev–Trinajstić information content (AvgIpc) is 3.14. The summed E-state index contributed by atoms with van der Waals surface area (Å²) in [4.78, 5) is 17.6. The van der Waals surface area contributed by atoms with Crippen molar-refractivity contribution in [2.45, 2.75) is 27.2 Å². The lowest BCUT2D eigenvalue weighted by atomic mass is 10.1. The molecule has 0 atom stereocenters. The quantitative estimate of drug-likeness (QED) is 0.337. The molecular weight excluding hydrogens is 416 g/mol. The van der Waals surface area contributed by atoms with Crippen molar-refractivity contribution in [3.05, 3.63) is 93.9 Å². The van der Waals surface area contributed by atoms with E-state index in [1.54, 1.807) is 0 Å². The van der Waals surface area contributed by atoms with Gasteiger partial charge in [-0.25, -0.2) is 4.99 Å². The Kier molecular flexibility index (Phi) is 6.61. The third-order valence-corrected chi connectivity index (χ3v) is 6.04. The molecule has 0 bridgehead atoms. The maximum absolute atomic E-state index is 12.4. The highest BCUT2D eigenvalue weighted by Crippen LogP contribution is 2.31. The van der Waals surface area contributed by atoms with Gasteiger partial charge in [-0.15, -0.1) is 0 Å². The molecule has 1 heterocycles. The second kappa shape index (κ2) is 9.75. The Morgan fingerprint density at radius 3 is 2.41 bits per heavy atom. The molecular formula is C26H24N4OS. The van der Waals surface area contributed by atoms with Crippen molar-refractivity contribution in [3.8, 4) is 0 Å². The molecule has 0 unspecified atom stereocenters. The van der Waals surface area contributed by atoms with E-state index in [2.05, 4.69) is 39.6 Å². The van der Waals surface area contributed by atoms with Crippen LogP contribution in [0.25, 0.3) is 6.08 Å². The van der Waals surface area contributed by atoms with Gasteiger partial charge in [-0.05, 0) is 84.6 Å². The summed E-state index contributed by atoms with van der Waals surface area (Å²) < 4.78 is 0. The van der Waals surface area contributed by atoms with Crippen LogP contribution in [0.2, 0.25) is 0 Å². The van der Waals surface area contributed by atoms with Crippen LogP contribution in [-0.4, -0.2) is 11.1 Å². The smallest absolute Gasteiger partial charge is 0.264 e. The Bertz CT molecular complexity index is 1240. The van der Waals surface area contributed by atoms with E-state index in [4.69, 9.17) is 0 Å². The number of nitrogens with one attached hydrogen (secondary N) is 1. The molecule has 4 rings (SSSR count). The molecule has 1 saturated heterocycles. The predicted octanol–water partition coefficient (Wildman–Crippen LogP) is 7.17. The van der Waals surface area contributed by atoms with Gasteiger partial charge in [0.15, 0.2) is 5.17 Å². The fraction of sp³-hybridized carbons (Fsp3) is 0.154. The molecule has 0 spiro atoms. The molecule has 3 aromatic carbocycles. The summed E-state index contributed by atoms with van der Waals surface area (Å²) in [6.07, 6.45) is 2.89. The number of aliphatic imine (C=N–C) groups is 1. The summed E-state index contributed by atoms with van der Waals surface area (Å²) in [7, 11) is 0. The number of aryl methyl sites for hydroxylation is 3. The first-order valence-corrected chi connectivity index (χ1v) is 11.3. The SMILES string of the molecule is CCc1ccc(/C=C2\SC(=Nc3ccc(N=Nc4ccccc4C)cc3C)NC2=O)cc1. The van der Waals surface area contributed by atoms with Gasteiger partial charge >= 0.3 is 0 Å². The first-order chi connectivity index (χ1) is 15.5. The van der Waals surface area contributed by atoms with E-state index in [9.17, 15) is 4.79 Å². The summed E-state index contributed by atoms with van der Waals surface area (Å²) in [5.41, 5.74) is 6.71. The monoisotopic (exact) mass is 440 g/mol. The molecule has 32 heavy (non-hydrogen) atoms. The molecule has 0 aromatic heterocycles. The minimum Gasteiger partial charge on any atom is -0.300 e. The van der Waals surface area contributed by atoms with Gasteiger partial charge in [0, 0.05) is 0 Å². The van der Waals surface area contributed by atoms with Gasteiger partial charge in [-0.3, -0.25) is 4.79 Å². The van der Waals surface area contributed by atoms with E-state index in [1.807, 2.05) is 74.5 Å². The van der Waals surface area contributed by atoms with Crippen LogP contribution < -0.4 is 5.32 Å². The Balaban J connectivity index is 1.49. The number of amides is 1. The molecule has 1 N–H and O–H groups in total. The topological polar surface area (TPSA) is 66.2 Å². The molecule has 0 radical (unpaired) electrons. The number of carbonyl (C=O) groups excluding carboxylic acids is 1. The average molecular weight is 441 g/mol. The molecule has 6 heteroatoms. The molecule has 0 saturated carbocycles. The highest BCUT2D eigenvalue weighted by Gasteiger charge is 2.24. The molecule has 3 aromatic rings. The first kappa shape index (κ1) is 21.7. The van der Waals surface area contributed by atoms with Crippen LogP contribution in [0.1, 0.15) is 29.2 Å². The first-order valence-electron chi connectivity index (χ1n) is 10.5. The van der Waals surface area contributed by atoms with Crippen LogP contribution in [0.5, 0.6) is 0 Å². The standard InChI is InChI=1S/C26H24N4OS/c1-4-19-9-11-20(12-10-19)16-24-25(31)28-26(32-24)27-22-14-13-21(15-18(22)3)29-30-23-8-6-5-7-17(23)2/h5-16H,4H2,1-3H3,(H,27,28,31)/b24-16-,30-29?. The lowest BCUT2D eigenvalue weighted by molar-refractivity contribution is -0.115. The zero-order chi connectivity index (χ0) is 22.5. The molecule has 1 fully saturated rings. The number of thioether (sulfide) groups is 1. The highest BCUT2D eigenvalue weighted by atomic mass is 32.2. The van der Waals surface area contributed by atoms with Gasteiger partial charge in [-0.1, -0.05) is 49.4 Å². The molecule has 5 nitrogen and oxygen atoms in total. The molecule has 1 amide bonds. The Hall–Kier alpha value is -3.51. The Labute approximate surface area is 192 Å². The number of benzene rings is 3. The van der Waals surface area contributed by atoms with Gasteiger partial charge in [0.05, 0.1) is 22.0 Å². The number of hydrogen-bond donors (Lipinski definition) is 1. The van der Waals surface area contributed by atoms with E-state index in [1.165, 1.54) is 17.3 Å². The summed E-state index contributed by atoms with van der Waals surface area (Å²) in [5.74, 6) is -0.130. The van der Waals surface area contributed by atoms with Crippen molar-refractivity contribution in [1.29, 1.82) is 0 Å². The summed E-state index contributed by atoms with van der Waals surface area (Å²) >= 11 is 1.35. The number of azo groups is 1. The van der Waals surface area contributed by atoms with Gasteiger partial charge in [0.1, 0.15) is 0 Å². The highest BCUT2D eigenvalue weighted by molar-refractivity contribution is 8.18. The van der Waals surface area contributed by atoms with Crippen LogP contribution in [0, 0.1) is 13.8 Å². The van der Waals surface area contributed by atoms with E-state index in [0.717, 1.165) is 40.2 Å². The molecule has 1 aliphatic heterocycles. The number of hydrogen-bond acceptors (Lipinski definition) is 5. The van der Waals surface area contributed by atoms with E-state index >= 15 is 0 Å². The molecule has 0 aliphatic carbocycles. The van der Waals surface area contributed by atoms with Crippen molar-refractivity contribution >= 4 is 46.0 Å². The summed E-state index contributed by atoms with van der Waals surface area (Å²) in [6, 6.07) is 21.8. The van der Waals surface area contributed by atoms with Crippen molar-refractivity contribution in [2.24, 2.45) is 15.2 Å². The van der Waals surface area contributed by atoms with Gasteiger partial charge < -0.3 is 5.32 Å². The van der Waals surface area contributed by atoms with Crippen LogP contribution in [0.15, 0.2) is 86.9 Å². The summed E-state index contributed by atoms with van der Waals surface area (Å²) in [5, 5.41) is 12.1. The number of carbonyl (C=O) groups is 1. The van der Waals surface area contributed by atoms with E-state index < -0.39 is 0 Å². The van der Waals surface area contributed by atoms with E-state index in [-0.39, 0.29) is 5.91 Å². The minimum atomic E-state index is -0.130. The van der Waals surface area contributed by atoms with Crippen molar-refractivity contribution in [3.63, 3.8) is 0 Å². The predicted molar refractivity (Wildman–Crippen MR) is 133 cm³/mol. The number of nitrogens with zero attached hydrogens (tertiary/aromatic N) is 3. The Morgan fingerprint density at radius 2 is 1.69 bits per heavy atom. The van der Waals surface area contributed by atoms with Gasteiger partial charge in [0.25, 0.3) is 5.91 Å². The van der Waals surface area contributed by atoms with Crippen molar-refractivity contribution < 1.29 is 4.79 Å². The minimum absolute atomic E-state index is 0.130. The van der Waals surface area contributed by atoms with Gasteiger partial charge in [-0.2, -0.15) is 10.2 Å². The zero-order valence-corrected chi connectivity index (χ0v) is 19.1. The third kappa shape index (κ3) is 5.21. The van der Waals surface area contributed by atoms with Crippen LogP contribution >= 0.6 is 11.8 Å². The fourth-order valence-corrected chi connectivity index (χ4v) is 4.04. The van der Waals surface area contributed by atoms with E-state index in [0.29, 0.717) is 10.1 Å². The van der Waals surface area contributed by atoms with Crippen LogP contribution in [0.4, 0.5) is 17.1 Å².